The molecule has 1 aliphatic heterocycles. The summed E-state index contributed by atoms with van der Waals surface area (Å²) in [5.41, 5.74) is 1.17. The normalized spacial score (nSPS) is 17.8. The van der Waals surface area contributed by atoms with Crippen LogP contribution in [0.15, 0.2) is 24.3 Å². The van der Waals surface area contributed by atoms with Crippen LogP contribution < -0.4 is 10.6 Å². The Hall–Kier alpha value is -1.73. The van der Waals surface area contributed by atoms with E-state index in [0.29, 0.717) is 15.6 Å². The van der Waals surface area contributed by atoms with E-state index in [1.165, 1.54) is 18.7 Å². The molecule has 1 aromatic carbocycles. The van der Waals surface area contributed by atoms with Crippen molar-refractivity contribution in [3.8, 4) is 0 Å². The van der Waals surface area contributed by atoms with E-state index in [4.69, 9.17) is 12.2 Å². The minimum Gasteiger partial charge on any atom is -0.326 e. The fraction of sp³-hybridized carbons (Fsp3) is 0.231. The summed E-state index contributed by atoms with van der Waals surface area (Å²) in [7, 11) is 0. The molecule has 1 heterocycles. The summed E-state index contributed by atoms with van der Waals surface area (Å²) >= 11 is 6.05. The van der Waals surface area contributed by atoms with Crippen LogP contribution in [0.4, 0.5) is 5.69 Å². The molecule has 0 aromatic heterocycles. The summed E-state index contributed by atoms with van der Waals surface area (Å²) in [5, 5.41) is 4.70. The van der Waals surface area contributed by atoms with Crippen LogP contribution in [-0.4, -0.2) is 27.2 Å². The maximum atomic E-state index is 11.8. The molecule has 0 radical (unpaired) electrons. The largest absolute Gasteiger partial charge is 0.326 e. The summed E-state index contributed by atoms with van der Waals surface area (Å²) in [6, 6.07) is 6.59. The highest BCUT2D eigenvalue weighted by atomic mass is 32.2. The monoisotopic (exact) mass is 308 g/mol. The molecular weight excluding hydrogens is 296 g/mol. The number of anilines is 1. The molecule has 0 aliphatic carbocycles. The van der Waals surface area contributed by atoms with E-state index in [1.807, 2.05) is 0 Å². The van der Waals surface area contributed by atoms with E-state index >= 15 is 0 Å². The lowest BCUT2D eigenvalue weighted by Crippen LogP contribution is -2.27. The number of thiocarbonyl (C=S) groups is 1. The number of nitrogens with one attached hydrogen (secondary N) is 2. The number of thioether (sulfide) groups is 1. The Kier molecular flexibility index (Phi) is 4.51. The third-order valence-corrected chi connectivity index (χ3v) is 4.09. The molecule has 7 heteroatoms. The molecule has 0 spiro atoms. The number of Topliss-reactive ketones (excluding diaryl/α,β-unsaturated/α-hetero) is 1. The minimum absolute atomic E-state index is 0.0320. The number of hydrogen-bond donors (Lipinski definition) is 2. The van der Waals surface area contributed by atoms with Crippen LogP contribution in [0.5, 0.6) is 0 Å². The molecule has 0 bridgehead atoms. The van der Waals surface area contributed by atoms with Gasteiger partial charge in [-0.3, -0.25) is 14.4 Å². The summed E-state index contributed by atoms with van der Waals surface area (Å²) in [5.74, 6) is -0.532. The van der Waals surface area contributed by atoms with Gasteiger partial charge in [-0.05, 0) is 31.2 Å². The zero-order valence-electron chi connectivity index (χ0n) is 10.6. The molecule has 1 fully saturated rings. The molecule has 1 atom stereocenters. The van der Waals surface area contributed by atoms with Gasteiger partial charge in [-0.2, -0.15) is 0 Å². The van der Waals surface area contributed by atoms with Crippen molar-refractivity contribution >= 4 is 51.6 Å². The van der Waals surface area contributed by atoms with Gasteiger partial charge in [0.1, 0.15) is 4.32 Å². The number of amides is 2. The first kappa shape index (κ1) is 14.7. The van der Waals surface area contributed by atoms with E-state index < -0.39 is 5.25 Å². The molecule has 2 amide bonds. The second-order valence-electron chi connectivity index (χ2n) is 4.27. The van der Waals surface area contributed by atoms with Crippen LogP contribution in [-0.2, 0) is 9.59 Å². The van der Waals surface area contributed by atoms with E-state index in [0.717, 1.165) is 0 Å². The first-order chi connectivity index (χ1) is 9.45. The summed E-state index contributed by atoms with van der Waals surface area (Å²) in [6.45, 7) is 1.48. The van der Waals surface area contributed by atoms with Gasteiger partial charge in [0.25, 0.3) is 0 Å². The summed E-state index contributed by atoms with van der Waals surface area (Å²) in [4.78, 5) is 34.4. The van der Waals surface area contributed by atoms with Crippen molar-refractivity contribution in [3.63, 3.8) is 0 Å². The van der Waals surface area contributed by atoms with Gasteiger partial charge in [-0.25, -0.2) is 0 Å². The Labute approximate surface area is 125 Å². The van der Waals surface area contributed by atoms with Crippen LogP contribution >= 0.6 is 24.0 Å². The smallest absolute Gasteiger partial charge is 0.239 e. The van der Waals surface area contributed by atoms with Crippen molar-refractivity contribution in [2.75, 3.05) is 5.32 Å². The highest BCUT2D eigenvalue weighted by Crippen LogP contribution is 2.22. The fourth-order valence-electron chi connectivity index (χ4n) is 1.70. The molecule has 20 heavy (non-hydrogen) atoms. The average Bonchev–Trinajstić information content (AvgIpc) is 2.68. The molecule has 2 N–H and O–H groups in total. The van der Waals surface area contributed by atoms with Crippen molar-refractivity contribution in [2.24, 2.45) is 0 Å². The number of carbonyl (C=O) groups is 3. The van der Waals surface area contributed by atoms with Gasteiger partial charge >= 0.3 is 0 Å². The van der Waals surface area contributed by atoms with Crippen molar-refractivity contribution in [2.45, 2.75) is 18.6 Å². The third kappa shape index (κ3) is 3.64. The fourth-order valence-corrected chi connectivity index (χ4v) is 2.96. The molecule has 5 nitrogen and oxygen atoms in total. The van der Waals surface area contributed by atoms with Gasteiger partial charge in [0.15, 0.2) is 5.78 Å². The molecule has 1 unspecified atom stereocenters. The topological polar surface area (TPSA) is 75.3 Å². The number of ketones is 1. The molecule has 0 saturated carbocycles. The molecule has 1 aliphatic rings. The van der Waals surface area contributed by atoms with Crippen molar-refractivity contribution in [1.82, 2.24) is 5.32 Å². The van der Waals surface area contributed by atoms with Gasteiger partial charge in [-0.15, -0.1) is 0 Å². The first-order valence-electron chi connectivity index (χ1n) is 5.88. The predicted molar refractivity (Wildman–Crippen MR) is 81.8 cm³/mol. The number of rotatable bonds is 4. The zero-order chi connectivity index (χ0) is 14.7. The SMILES string of the molecule is CC(=O)c1ccc(NC(=O)CC2SC(=S)NC2=O)cc1. The Balaban J connectivity index is 1.93. The van der Waals surface area contributed by atoms with Gasteiger partial charge in [0.2, 0.25) is 11.8 Å². The van der Waals surface area contributed by atoms with Crippen molar-refractivity contribution in [1.29, 1.82) is 0 Å². The number of carbonyl (C=O) groups excluding carboxylic acids is 3. The van der Waals surface area contributed by atoms with Crippen LogP contribution in [0.25, 0.3) is 0 Å². The summed E-state index contributed by atoms with van der Waals surface area (Å²) < 4.78 is 0.401. The van der Waals surface area contributed by atoms with Crippen molar-refractivity contribution in [3.05, 3.63) is 29.8 Å². The Bertz CT molecular complexity index is 584. The Morgan fingerprint density at radius 3 is 2.50 bits per heavy atom. The average molecular weight is 308 g/mol. The van der Waals surface area contributed by atoms with Gasteiger partial charge in [0, 0.05) is 17.7 Å². The van der Waals surface area contributed by atoms with Crippen LogP contribution in [0.2, 0.25) is 0 Å². The van der Waals surface area contributed by atoms with E-state index in [9.17, 15) is 14.4 Å². The second kappa shape index (κ2) is 6.15. The minimum atomic E-state index is -0.473. The predicted octanol–water partition coefficient (Wildman–Crippen LogP) is 1.73. The molecule has 1 aromatic rings. The third-order valence-electron chi connectivity index (χ3n) is 2.71. The lowest BCUT2D eigenvalue weighted by Gasteiger charge is -2.07. The Morgan fingerprint density at radius 1 is 1.35 bits per heavy atom. The van der Waals surface area contributed by atoms with Crippen molar-refractivity contribution < 1.29 is 14.4 Å². The maximum Gasteiger partial charge on any atom is 0.239 e. The lowest BCUT2D eigenvalue weighted by atomic mass is 10.1. The second-order valence-corrected chi connectivity index (χ2v) is 6.15. The Morgan fingerprint density at radius 2 is 2.00 bits per heavy atom. The van der Waals surface area contributed by atoms with Crippen LogP contribution in [0.1, 0.15) is 23.7 Å². The number of benzene rings is 1. The molecule has 104 valence electrons. The molecule has 2 rings (SSSR count). The van der Waals surface area contributed by atoms with Gasteiger partial charge in [-0.1, -0.05) is 24.0 Å². The van der Waals surface area contributed by atoms with E-state index in [2.05, 4.69) is 10.6 Å². The highest BCUT2D eigenvalue weighted by Gasteiger charge is 2.30. The van der Waals surface area contributed by atoms with E-state index in [-0.39, 0.29) is 24.0 Å². The van der Waals surface area contributed by atoms with E-state index in [1.54, 1.807) is 24.3 Å². The van der Waals surface area contributed by atoms with Crippen LogP contribution in [0, 0.1) is 0 Å². The standard InChI is InChI=1S/C13H12N2O3S2/c1-7(16)8-2-4-9(5-3-8)14-11(17)6-10-12(18)15-13(19)20-10/h2-5,10H,6H2,1H3,(H,14,17)(H,15,18,19). The van der Waals surface area contributed by atoms with Gasteiger partial charge in [0.05, 0.1) is 5.25 Å². The number of hydrogen-bond acceptors (Lipinski definition) is 5. The van der Waals surface area contributed by atoms with Gasteiger partial charge < -0.3 is 10.6 Å². The first-order valence-corrected chi connectivity index (χ1v) is 7.17. The zero-order valence-corrected chi connectivity index (χ0v) is 12.3. The summed E-state index contributed by atoms with van der Waals surface area (Å²) in [6.07, 6.45) is 0.0606. The highest BCUT2D eigenvalue weighted by molar-refractivity contribution is 8.24. The quantitative estimate of drug-likeness (QED) is 0.654. The molecular formula is C13H12N2O3S2. The van der Waals surface area contributed by atoms with Crippen LogP contribution in [0.3, 0.4) is 0 Å². The lowest BCUT2D eigenvalue weighted by molar-refractivity contribution is -0.122. The maximum absolute atomic E-state index is 11.8. The molecule has 1 saturated heterocycles.